The first-order valence-electron chi connectivity index (χ1n) is 4.98. The summed E-state index contributed by atoms with van der Waals surface area (Å²) in [4.78, 5) is 0. The highest BCUT2D eigenvalue weighted by atomic mass is 19.1. The monoisotopic (exact) mass is 217 g/mol. The van der Waals surface area contributed by atoms with E-state index in [0.717, 1.165) is 11.1 Å². The molecule has 3 heteroatoms. The van der Waals surface area contributed by atoms with Crippen LogP contribution in [0.3, 0.4) is 0 Å². The van der Waals surface area contributed by atoms with Gasteiger partial charge < -0.3 is 10.8 Å². The molecule has 0 fully saturated rings. The van der Waals surface area contributed by atoms with E-state index in [9.17, 15) is 4.39 Å². The topological polar surface area (TPSA) is 46.2 Å². The largest absolute Gasteiger partial charge is 0.508 e. The number of rotatable bonds is 2. The van der Waals surface area contributed by atoms with E-state index in [4.69, 9.17) is 10.8 Å². The number of phenols is 1. The minimum Gasteiger partial charge on any atom is -0.508 e. The summed E-state index contributed by atoms with van der Waals surface area (Å²) in [6, 6.07) is 11.6. The molecule has 0 saturated heterocycles. The lowest BCUT2D eigenvalue weighted by molar-refractivity contribution is 0.475. The normalized spacial score (nSPS) is 10.4. The van der Waals surface area contributed by atoms with Crippen LogP contribution in [-0.2, 0) is 6.54 Å². The second-order valence-corrected chi connectivity index (χ2v) is 3.56. The summed E-state index contributed by atoms with van der Waals surface area (Å²) in [5.41, 5.74) is 7.52. The first-order chi connectivity index (χ1) is 7.70. The summed E-state index contributed by atoms with van der Waals surface area (Å²) >= 11 is 0. The second kappa shape index (κ2) is 4.33. The Labute approximate surface area is 93.2 Å². The van der Waals surface area contributed by atoms with Gasteiger partial charge in [-0.2, -0.15) is 0 Å². The lowest BCUT2D eigenvalue weighted by Gasteiger charge is -2.05. The zero-order valence-corrected chi connectivity index (χ0v) is 8.65. The number of benzene rings is 2. The van der Waals surface area contributed by atoms with E-state index in [1.54, 1.807) is 30.3 Å². The summed E-state index contributed by atoms with van der Waals surface area (Å²) in [6.45, 7) is 0.196. The van der Waals surface area contributed by atoms with Crippen molar-refractivity contribution in [2.24, 2.45) is 5.73 Å². The Bertz CT molecular complexity index is 494. The average molecular weight is 217 g/mol. The Morgan fingerprint density at radius 1 is 1.00 bits per heavy atom. The zero-order chi connectivity index (χ0) is 11.5. The molecule has 3 N–H and O–H groups in total. The third-order valence-electron chi connectivity index (χ3n) is 2.47. The highest BCUT2D eigenvalue weighted by Gasteiger charge is 2.03. The van der Waals surface area contributed by atoms with Crippen molar-refractivity contribution in [2.75, 3.05) is 0 Å². The van der Waals surface area contributed by atoms with E-state index < -0.39 is 0 Å². The molecule has 0 spiro atoms. The number of halogens is 1. The molecule has 0 bridgehead atoms. The average Bonchev–Trinajstić information content (AvgIpc) is 2.30. The molecule has 0 aliphatic heterocycles. The van der Waals surface area contributed by atoms with Crippen LogP contribution in [0.5, 0.6) is 5.75 Å². The minimum absolute atomic E-state index is 0.196. The third kappa shape index (κ3) is 2.04. The fourth-order valence-electron chi connectivity index (χ4n) is 1.55. The van der Waals surface area contributed by atoms with Crippen LogP contribution in [0.1, 0.15) is 5.56 Å². The van der Waals surface area contributed by atoms with Crippen LogP contribution < -0.4 is 5.73 Å². The molecular weight excluding hydrogens is 205 g/mol. The third-order valence-corrected chi connectivity index (χ3v) is 2.47. The van der Waals surface area contributed by atoms with Crippen LogP contribution in [0.4, 0.5) is 4.39 Å². The Morgan fingerprint density at radius 2 is 1.62 bits per heavy atom. The SMILES string of the molecule is NCc1ccc(-c2ccc(O)cc2)cc1F. The van der Waals surface area contributed by atoms with Crippen LogP contribution in [0.25, 0.3) is 11.1 Å². The smallest absolute Gasteiger partial charge is 0.128 e. The van der Waals surface area contributed by atoms with Crippen molar-refractivity contribution in [1.29, 1.82) is 0 Å². The van der Waals surface area contributed by atoms with Gasteiger partial charge in [-0.05, 0) is 29.3 Å². The molecular formula is C13H12FNO. The summed E-state index contributed by atoms with van der Waals surface area (Å²) in [7, 11) is 0. The minimum atomic E-state index is -0.298. The van der Waals surface area contributed by atoms with Gasteiger partial charge in [0, 0.05) is 12.1 Å². The number of aromatic hydroxyl groups is 1. The quantitative estimate of drug-likeness (QED) is 0.812. The summed E-state index contributed by atoms with van der Waals surface area (Å²) in [5, 5.41) is 9.15. The van der Waals surface area contributed by atoms with Crippen molar-refractivity contribution in [3.63, 3.8) is 0 Å². The van der Waals surface area contributed by atoms with E-state index >= 15 is 0 Å². The molecule has 2 nitrogen and oxygen atoms in total. The fraction of sp³-hybridized carbons (Fsp3) is 0.0769. The van der Waals surface area contributed by atoms with Crippen molar-refractivity contribution in [3.8, 4) is 16.9 Å². The predicted molar refractivity (Wildman–Crippen MR) is 61.4 cm³/mol. The number of nitrogens with two attached hydrogens (primary N) is 1. The van der Waals surface area contributed by atoms with E-state index in [2.05, 4.69) is 0 Å². The standard InChI is InChI=1S/C13H12FNO/c14-13-7-10(1-2-11(13)8-15)9-3-5-12(16)6-4-9/h1-7,16H,8,15H2. The highest BCUT2D eigenvalue weighted by molar-refractivity contribution is 5.64. The van der Waals surface area contributed by atoms with Gasteiger partial charge in [0.25, 0.3) is 0 Å². The maximum atomic E-state index is 13.5. The highest BCUT2D eigenvalue weighted by Crippen LogP contribution is 2.23. The van der Waals surface area contributed by atoms with Gasteiger partial charge in [-0.25, -0.2) is 4.39 Å². The lowest BCUT2D eigenvalue weighted by Crippen LogP contribution is -1.99. The molecule has 2 aromatic carbocycles. The van der Waals surface area contributed by atoms with Crippen LogP contribution in [-0.4, -0.2) is 5.11 Å². The molecule has 82 valence electrons. The maximum Gasteiger partial charge on any atom is 0.128 e. The van der Waals surface area contributed by atoms with Crippen molar-refractivity contribution in [3.05, 3.63) is 53.8 Å². The first kappa shape index (κ1) is 10.6. The molecule has 0 heterocycles. The molecule has 2 aromatic rings. The van der Waals surface area contributed by atoms with Gasteiger partial charge in [0.15, 0.2) is 0 Å². The Kier molecular flexibility index (Phi) is 2.88. The molecule has 2 rings (SSSR count). The fourth-order valence-corrected chi connectivity index (χ4v) is 1.55. The van der Waals surface area contributed by atoms with Crippen LogP contribution >= 0.6 is 0 Å². The van der Waals surface area contributed by atoms with E-state index in [0.29, 0.717) is 5.56 Å². The maximum absolute atomic E-state index is 13.5. The van der Waals surface area contributed by atoms with Crippen molar-refractivity contribution in [2.45, 2.75) is 6.54 Å². The van der Waals surface area contributed by atoms with Crippen LogP contribution in [0.15, 0.2) is 42.5 Å². The Balaban J connectivity index is 2.41. The van der Waals surface area contributed by atoms with Gasteiger partial charge in [0.05, 0.1) is 0 Å². The summed E-state index contributed by atoms with van der Waals surface area (Å²) in [5.74, 6) is -0.101. The molecule has 0 atom stereocenters. The second-order valence-electron chi connectivity index (χ2n) is 3.56. The predicted octanol–water partition coefficient (Wildman–Crippen LogP) is 2.66. The molecule has 0 aliphatic rings. The van der Waals surface area contributed by atoms with E-state index in [1.165, 1.54) is 6.07 Å². The van der Waals surface area contributed by atoms with E-state index in [-0.39, 0.29) is 18.1 Å². The Morgan fingerprint density at radius 3 is 2.19 bits per heavy atom. The van der Waals surface area contributed by atoms with Gasteiger partial charge in [-0.15, -0.1) is 0 Å². The van der Waals surface area contributed by atoms with Crippen molar-refractivity contribution >= 4 is 0 Å². The first-order valence-corrected chi connectivity index (χ1v) is 4.98. The van der Waals surface area contributed by atoms with E-state index in [1.807, 2.05) is 6.07 Å². The van der Waals surface area contributed by atoms with Crippen molar-refractivity contribution < 1.29 is 9.50 Å². The molecule has 0 aromatic heterocycles. The number of hydrogen-bond donors (Lipinski definition) is 2. The molecule has 16 heavy (non-hydrogen) atoms. The van der Waals surface area contributed by atoms with Gasteiger partial charge >= 0.3 is 0 Å². The summed E-state index contributed by atoms with van der Waals surface area (Å²) < 4.78 is 13.5. The van der Waals surface area contributed by atoms with Gasteiger partial charge in [-0.3, -0.25) is 0 Å². The Hall–Kier alpha value is -1.87. The number of phenolic OH excluding ortho intramolecular Hbond substituents is 1. The van der Waals surface area contributed by atoms with Gasteiger partial charge in [0.1, 0.15) is 11.6 Å². The molecule has 0 amide bonds. The molecule has 0 saturated carbocycles. The zero-order valence-electron chi connectivity index (χ0n) is 8.65. The van der Waals surface area contributed by atoms with Crippen molar-refractivity contribution in [1.82, 2.24) is 0 Å². The summed E-state index contributed by atoms with van der Waals surface area (Å²) in [6.07, 6.45) is 0. The molecule has 0 unspecified atom stereocenters. The molecule has 0 aliphatic carbocycles. The van der Waals surface area contributed by atoms with Crippen LogP contribution in [0.2, 0.25) is 0 Å². The van der Waals surface area contributed by atoms with Gasteiger partial charge in [0.2, 0.25) is 0 Å². The lowest BCUT2D eigenvalue weighted by atomic mass is 10.0. The molecule has 0 radical (unpaired) electrons. The van der Waals surface area contributed by atoms with Crippen LogP contribution in [0, 0.1) is 5.82 Å². The van der Waals surface area contributed by atoms with Gasteiger partial charge in [-0.1, -0.05) is 24.3 Å². The number of hydrogen-bond acceptors (Lipinski definition) is 2.